The molecule has 3 nitrogen and oxygen atoms in total. The molecule has 0 spiro atoms. The van der Waals surface area contributed by atoms with Crippen molar-refractivity contribution in [2.24, 2.45) is 0 Å². The molecule has 0 saturated heterocycles. The highest BCUT2D eigenvalue weighted by atomic mass is 16.3. The number of benzene rings is 2. The molecular formula is C21H21NO2. The number of carbonyl (C=O) groups is 1. The van der Waals surface area contributed by atoms with E-state index in [0.29, 0.717) is 13.0 Å². The quantitative estimate of drug-likeness (QED) is 0.777. The highest BCUT2D eigenvalue weighted by Crippen LogP contribution is 2.30. The smallest absolute Gasteiger partial charge is 0.224 e. The molecule has 3 aromatic rings. The maximum atomic E-state index is 12.2. The van der Waals surface area contributed by atoms with E-state index in [-0.39, 0.29) is 5.91 Å². The summed E-state index contributed by atoms with van der Waals surface area (Å²) in [5, 5.41) is 4.10. The van der Waals surface area contributed by atoms with Gasteiger partial charge in [-0.2, -0.15) is 0 Å². The number of amides is 1. The van der Waals surface area contributed by atoms with E-state index in [1.54, 1.807) is 6.26 Å². The maximum absolute atomic E-state index is 12.2. The molecule has 2 aromatic carbocycles. The van der Waals surface area contributed by atoms with Gasteiger partial charge in [-0.05, 0) is 54.5 Å². The minimum Gasteiger partial charge on any atom is -0.464 e. The molecule has 1 heterocycles. The summed E-state index contributed by atoms with van der Waals surface area (Å²) in [5.74, 6) is 0.0501. The Hall–Kier alpha value is -2.55. The fraction of sp³-hybridized carbons (Fsp3) is 0.286. The van der Waals surface area contributed by atoms with Gasteiger partial charge in [0.1, 0.15) is 5.58 Å². The van der Waals surface area contributed by atoms with Crippen molar-refractivity contribution in [3.8, 4) is 0 Å². The number of hydrogen-bond donors (Lipinski definition) is 1. The van der Waals surface area contributed by atoms with Crippen LogP contribution in [0.3, 0.4) is 0 Å². The summed E-state index contributed by atoms with van der Waals surface area (Å²) in [6.07, 6.45) is 6.46. The van der Waals surface area contributed by atoms with Gasteiger partial charge < -0.3 is 9.73 Å². The van der Waals surface area contributed by atoms with Gasteiger partial charge in [-0.1, -0.05) is 30.3 Å². The zero-order valence-corrected chi connectivity index (χ0v) is 13.7. The predicted molar refractivity (Wildman–Crippen MR) is 95.1 cm³/mol. The first-order chi connectivity index (χ1) is 11.8. The number of aryl methyl sites for hydroxylation is 2. The van der Waals surface area contributed by atoms with Crippen molar-refractivity contribution in [2.75, 3.05) is 6.54 Å². The van der Waals surface area contributed by atoms with Gasteiger partial charge in [0.15, 0.2) is 0 Å². The third-order valence-electron chi connectivity index (χ3n) is 4.80. The number of furan rings is 1. The Morgan fingerprint density at radius 2 is 1.88 bits per heavy atom. The lowest BCUT2D eigenvalue weighted by atomic mass is 10.0. The number of carbonyl (C=O) groups excluding carboxylic acids is 1. The minimum atomic E-state index is 0.0501. The second kappa shape index (κ2) is 6.52. The monoisotopic (exact) mass is 319 g/mol. The predicted octanol–water partition coefficient (Wildman–Crippen LogP) is 3.82. The van der Waals surface area contributed by atoms with Crippen LogP contribution in [0.15, 0.2) is 53.1 Å². The topological polar surface area (TPSA) is 42.2 Å². The van der Waals surface area contributed by atoms with Gasteiger partial charge in [-0.25, -0.2) is 0 Å². The molecule has 0 aliphatic heterocycles. The number of hydrogen-bond acceptors (Lipinski definition) is 2. The lowest BCUT2D eigenvalue weighted by Crippen LogP contribution is -2.27. The van der Waals surface area contributed by atoms with Crippen molar-refractivity contribution in [2.45, 2.75) is 32.1 Å². The summed E-state index contributed by atoms with van der Waals surface area (Å²) in [4.78, 5) is 12.2. The molecule has 24 heavy (non-hydrogen) atoms. The Morgan fingerprint density at radius 3 is 2.71 bits per heavy atom. The van der Waals surface area contributed by atoms with Crippen LogP contribution in [-0.4, -0.2) is 12.5 Å². The third-order valence-corrected chi connectivity index (χ3v) is 4.80. The van der Waals surface area contributed by atoms with Crippen LogP contribution in [0, 0.1) is 0 Å². The van der Waals surface area contributed by atoms with E-state index in [0.717, 1.165) is 35.8 Å². The van der Waals surface area contributed by atoms with Crippen LogP contribution >= 0.6 is 0 Å². The third kappa shape index (κ3) is 3.07. The Labute approximate surface area is 141 Å². The minimum absolute atomic E-state index is 0.0501. The first-order valence-electron chi connectivity index (χ1n) is 8.62. The zero-order chi connectivity index (χ0) is 16.4. The number of fused-ring (bicyclic) bond motifs is 2. The molecule has 0 saturated carbocycles. The van der Waals surface area contributed by atoms with Gasteiger partial charge >= 0.3 is 0 Å². The molecule has 0 fully saturated rings. The highest BCUT2D eigenvalue weighted by Gasteiger charge is 2.16. The zero-order valence-electron chi connectivity index (χ0n) is 13.7. The summed E-state index contributed by atoms with van der Waals surface area (Å²) in [5.41, 5.74) is 5.94. The van der Waals surface area contributed by atoms with Crippen LogP contribution in [-0.2, 0) is 30.5 Å². The molecule has 0 unspecified atom stereocenters. The number of nitrogens with one attached hydrogen (secondary N) is 1. The normalized spacial score (nSPS) is 13.2. The molecule has 3 heteroatoms. The van der Waals surface area contributed by atoms with Crippen LogP contribution in [0.4, 0.5) is 0 Å². The largest absolute Gasteiger partial charge is 0.464 e. The molecule has 1 aliphatic rings. The van der Waals surface area contributed by atoms with E-state index in [1.165, 1.54) is 23.1 Å². The molecule has 4 rings (SSSR count). The van der Waals surface area contributed by atoms with E-state index in [4.69, 9.17) is 4.42 Å². The summed E-state index contributed by atoms with van der Waals surface area (Å²) in [6, 6.07) is 14.6. The van der Waals surface area contributed by atoms with Gasteiger partial charge in [0.05, 0.1) is 12.7 Å². The number of rotatable bonds is 5. The molecule has 1 aliphatic carbocycles. The Bertz CT molecular complexity index is 864. The summed E-state index contributed by atoms with van der Waals surface area (Å²) in [7, 11) is 0. The van der Waals surface area contributed by atoms with Gasteiger partial charge in [-0.3, -0.25) is 4.79 Å². The molecule has 0 atom stereocenters. The molecule has 122 valence electrons. The lowest BCUT2D eigenvalue weighted by molar-refractivity contribution is -0.120. The van der Waals surface area contributed by atoms with E-state index >= 15 is 0 Å². The van der Waals surface area contributed by atoms with Crippen LogP contribution in [0.25, 0.3) is 11.0 Å². The van der Waals surface area contributed by atoms with E-state index in [1.807, 2.05) is 18.2 Å². The lowest BCUT2D eigenvalue weighted by Gasteiger charge is -2.05. The van der Waals surface area contributed by atoms with E-state index in [2.05, 4.69) is 29.6 Å². The second-order valence-corrected chi connectivity index (χ2v) is 6.49. The first kappa shape index (κ1) is 15.0. The fourth-order valence-corrected chi connectivity index (χ4v) is 3.51. The van der Waals surface area contributed by atoms with Crippen molar-refractivity contribution in [1.29, 1.82) is 0 Å². The molecule has 1 amide bonds. The van der Waals surface area contributed by atoms with Crippen molar-refractivity contribution < 1.29 is 9.21 Å². The molecule has 1 aromatic heterocycles. The Kier molecular flexibility index (Phi) is 4.08. The first-order valence-corrected chi connectivity index (χ1v) is 8.62. The average Bonchev–Trinajstić information content (AvgIpc) is 3.20. The van der Waals surface area contributed by atoms with Gasteiger partial charge in [-0.15, -0.1) is 0 Å². The molecular weight excluding hydrogens is 298 g/mol. The molecule has 0 bridgehead atoms. The van der Waals surface area contributed by atoms with Crippen LogP contribution in [0.2, 0.25) is 0 Å². The maximum Gasteiger partial charge on any atom is 0.224 e. The van der Waals surface area contributed by atoms with Crippen molar-refractivity contribution >= 4 is 16.9 Å². The average molecular weight is 319 g/mol. The SMILES string of the molecule is O=C(Cc1coc2cc3c(cc12)CCC3)NCCc1ccccc1. The molecule has 1 N–H and O–H groups in total. The van der Waals surface area contributed by atoms with E-state index in [9.17, 15) is 4.79 Å². The van der Waals surface area contributed by atoms with Crippen LogP contribution in [0.5, 0.6) is 0 Å². The second-order valence-electron chi connectivity index (χ2n) is 6.49. The molecule has 0 radical (unpaired) electrons. The van der Waals surface area contributed by atoms with E-state index < -0.39 is 0 Å². The van der Waals surface area contributed by atoms with Crippen molar-refractivity contribution in [3.63, 3.8) is 0 Å². The highest BCUT2D eigenvalue weighted by molar-refractivity contribution is 5.88. The van der Waals surface area contributed by atoms with Crippen molar-refractivity contribution in [1.82, 2.24) is 5.32 Å². The Morgan fingerprint density at radius 1 is 1.08 bits per heavy atom. The summed E-state index contributed by atoms with van der Waals surface area (Å²) < 4.78 is 5.67. The Balaban J connectivity index is 1.40. The van der Waals surface area contributed by atoms with Gasteiger partial charge in [0, 0.05) is 17.5 Å². The van der Waals surface area contributed by atoms with Gasteiger partial charge in [0.2, 0.25) is 5.91 Å². The fourth-order valence-electron chi connectivity index (χ4n) is 3.51. The van der Waals surface area contributed by atoms with Gasteiger partial charge in [0.25, 0.3) is 0 Å². The van der Waals surface area contributed by atoms with Crippen LogP contribution < -0.4 is 5.32 Å². The van der Waals surface area contributed by atoms with Crippen molar-refractivity contribution in [3.05, 3.63) is 71.0 Å². The van der Waals surface area contributed by atoms with Crippen LogP contribution in [0.1, 0.15) is 28.7 Å². The summed E-state index contributed by atoms with van der Waals surface area (Å²) >= 11 is 0. The summed E-state index contributed by atoms with van der Waals surface area (Å²) in [6.45, 7) is 0.661. The standard InChI is InChI=1S/C21H21NO2/c23-21(22-10-9-15-5-2-1-3-6-15)13-18-14-24-20-12-17-8-4-7-16(17)11-19(18)20/h1-3,5-6,11-12,14H,4,7-10,13H2,(H,22,23).